The van der Waals surface area contributed by atoms with Crippen molar-refractivity contribution in [2.75, 3.05) is 0 Å². The fourth-order valence-corrected chi connectivity index (χ4v) is 1.77. The van der Waals surface area contributed by atoms with Gasteiger partial charge in [-0.25, -0.2) is 0 Å². The van der Waals surface area contributed by atoms with Gasteiger partial charge >= 0.3 is 37.7 Å². The van der Waals surface area contributed by atoms with E-state index < -0.39 is 0 Å². The standard InChI is InChI=1S/C14H22O.Ca.H2S.2H/c1-2-3-4-5-6-7-8-13-9-11-14(15)12-10-13;;;;/h9-12,15H,2-8H2,1H3;;1H2;;/q;+2;;2*-1. The zero-order valence-corrected chi connectivity index (χ0v) is 14.1. The second-order valence-corrected chi connectivity index (χ2v) is 4.18. The number of hydrogen-bond donors (Lipinski definition) is 1. The van der Waals surface area contributed by atoms with Crippen molar-refractivity contribution in [3.8, 4) is 5.75 Å². The van der Waals surface area contributed by atoms with Crippen molar-refractivity contribution in [2.24, 2.45) is 0 Å². The smallest absolute Gasteiger partial charge is 1.00 e. The third-order valence-electron chi connectivity index (χ3n) is 2.76. The minimum Gasteiger partial charge on any atom is -1.00 e. The maximum Gasteiger partial charge on any atom is 2.00 e. The Morgan fingerprint density at radius 3 is 2.06 bits per heavy atom. The Morgan fingerprint density at radius 2 is 1.47 bits per heavy atom. The molecule has 0 aliphatic carbocycles. The van der Waals surface area contributed by atoms with Gasteiger partial charge in [0.2, 0.25) is 0 Å². The number of unbranched alkanes of at least 4 members (excludes halogenated alkanes) is 5. The van der Waals surface area contributed by atoms with E-state index in [4.69, 9.17) is 5.11 Å². The zero-order chi connectivity index (χ0) is 10.9. The van der Waals surface area contributed by atoms with Crippen LogP contribution in [0.3, 0.4) is 0 Å². The van der Waals surface area contributed by atoms with Crippen LogP contribution in [0.15, 0.2) is 24.3 Å². The second-order valence-electron chi connectivity index (χ2n) is 4.18. The van der Waals surface area contributed by atoms with Gasteiger partial charge in [-0.1, -0.05) is 51.2 Å². The molecule has 96 valence electrons. The average molecular weight is 283 g/mol. The summed E-state index contributed by atoms with van der Waals surface area (Å²) in [5.74, 6) is 0.363. The molecule has 0 spiro atoms. The van der Waals surface area contributed by atoms with Crippen molar-refractivity contribution < 1.29 is 7.96 Å². The van der Waals surface area contributed by atoms with Gasteiger partial charge in [0.05, 0.1) is 0 Å². The Balaban J connectivity index is -0.000000281. The van der Waals surface area contributed by atoms with Crippen LogP contribution in [-0.4, -0.2) is 42.8 Å². The van der Waals surface area contributed by atoms with E-state index in [1.165, 1.54) is 44.1 Å². The number of phenols is 1. The molecule has 0 saturated carbocycles. The average Bonchev–Trinajstić information content (AvgIpc) is 2.26. The molecule has 0 aliphatic rings. The number of hydrogen-bond acceptors (Lipinski definition) is 1. The second kappa shape index (κ2) is 13.1. The van der Waals surface area contributed by atoms with Crippen LogP contribution >= 0.6 is 13.5 Å². The SMILES string of the molecule is CCCCCCCCc1ccc(O)cc1.S.[Ca+2].[H-].[H-]. The first-order valence-corrected chi connectivity index (χ1v) is 6.11. The Kier molecular flexibility index (Phi) is 15.3. The minimum absolute atomic E-state index is 0. The first-order valence-electron chi connectivity index (χ1n) is 6.11. The molecule has 1 nitrogen and oxygen atoms in total. The van der Waals surface area contributed by atoms with Crippen LogP contribution in [0.25, 0.3) is 0 Å². The van der Waals surface area contributed by atoms with Crippen LogP contribution in [0.1, 0.15) is 53.9 Å². The van der Waals surface area contributed by atoms with Crippen LogP contribution < -0.4 is 0 Å². The predicted molar refractivity (Wildman–Crippen MR) is 83.5 cm³/mol. The molecule has 3 heteroatoms. The monoisotopic (exact) mass is 282 g/mol. The Hall–Kier alpha value is 0.630. The van der Waals surface area contributed by atoms with Crippen LogP contribution in [0, 0.1) is 0 Å². The van der Waals surface area contributed by atoms with Crippen LogP contribution in [0.4, 0.5) is 0 Å². The van der Waals surface area contributed by atoms with Crippen molar-refractivity contribution in [1.29, 1.82) is 0 Å². The van der Waals surface area contributed by atoms with Gasteiger partial charge in [-0.05, 0) is 30.5 Å². The van der Waals surface area contributed by atoms with Crippen molar-refractivity contribution >= 4 is 51.2 Å². The summed E-state index contributed by atoms with van der Waals surface area (Å²) >= 11 is 0. The van der Waals surface area contributed by atoms with Gasteiger partial charge in [-0.2, -0.15) is 13.5 Å². The summed E-state index contributed by atoms with van der Waals surface area (Å²) in [4.78, 5) is 0. The molecule has 0 bridgehead atoms. The number of rotatable bonds is 7. The molecule has 0 aliphatic heterocycles. The molecule has 0 aromatic heterocycles. The van der Waals surface area contributed by atoms with Crippen molar-refractivity contribution in [3.63, 3.8) is 0 Å². The summed E-state index contributed by atoms with van der Waals surface area (Å²) in [6.07, 6.45) is 9.19. The first-order chi connectivity index (χ1) is 7.33. The molecule has 0 atom stereocenters. The molecule has 1 aromatic carbocycles. The molecule has 1 rings (SSSR count). The molecule has 0 heterocycles. The molecular weight excluding hydrogens is 256 g/mol. The first kappa shape index (κ1) is 20.0. The number of phenolic OH excluding ortho intramolecular Hbond substituents is 1. The van der Waals surface area contributed by atoms with Gasteiger partial charge in [0.1, 0.15) is 5.75 Å². The van der Waals surface area contributed by atoms with Gasteiger partial charge < -0.3 is 7.96 Å². The third kappa shape index (κ3) is 10.3. The van der Waals surface area contributed by atoms with Gasteiger partial charge in [0.25, 0.3) is 0 Å². The fraction of sp³-hybridized carbons (Fsp3) is 0.571. The van der Waals surface area contributed by atoms with Gasteiger partial charge in [-0.15, -0.1) is 0 Å². The molecule has 0 amide bonds. The van der Waals surface area contributed by atoms with E-state index in [1.807, 2.05) is 12.1 Å². The predicted octanol–water partition coefficient (Wildman–Crippen LogP) is 4.25. The summed E-state index contributed by atoms with van der Waals surface area (Å²) in [6.45, 7) is 2.25. The molecule has 0 fully saturated rings. The molecule has 0 unspecified atom stereocenters. The van der Waals surface area contributed by atoms with Crippen molar-refractivity contribution in [3.05, 3.63) is 29.8 Å². The molecular formula is C14H26CaOS. The van der Waals surface area contributed by atoms with E-state index >= 15 is 0 Å². The van der Waals surface area contributed by atoms with E-state index in [9.17, 15) is 0 Å². The Morgan fingerprint density at radius 1 is 0.941 bits per heavy atom. The Labute approximate surface area is 145 Å². The number of benzene rings is 1. The molecule has 0 radical (unpaired) electrons. The number of aromatic hydroxyl groups is 1. The van der Waals surface area contributed by atoms with E-state index in [1.54, 1.807) is 12.1 Å². The van der Waals surface area contributed by atoms with Gasteiger partial charge in [0.15, 0.2) is 0 Å². The molecule has 17 heavy (non-hydrogen) atoms. The van der Waals surface area contributed by atoms with E-state index in [0.717, 1.165) is 6.42 Å². The van der Waals surface area contributed by atoms with Crippen molar-refractivity contribution in [2.45, 2.75) is 51.9 Å². The molecule has 1 N–H and O–H groups in total. The minimum atomic E-state index is 0. The third-order valence-corrected chi connectivity index (χ3v) is 2.76. The topological polar surface area (TPSA) is 20.2 Å². The van der Waals surface area contributed by atoms with Crippen LogP contribution in [-0.2, 0) is 6.42 Å². The summed E-state index contributed by atoms with van der Waals surface area (Å²) < 4.78 is 0. The van der Waals surface area contributed by atoms with E-state index in [-0.39, 0.29) is 54.1 Å². The van der Waals surface area contributed by atoms with Crippen molar-refractivity contribution in [1.82, 2.24) is 0 Å². The quantitative estimate of drug-likeness (QED) is 0.585. The maximum absolute atomic E-state index is 9.13. The zero-order valence-electron chi connectivity index (χ0n) is 12.9. The van der Waals surface area contributed by atoms with E-state index in [2.05, 4.69) is 6.92 Å². The summed E-state index contributed by atoms with van der Waals surface area (Å²) in [6, 6.07) is 7.57. The summed E-state index contributed by atoms with van der Waals surface area (Å²) in [5.41, 5.74) is 1.34. The van der Waals surface area contributed by atoms with Crippen LogP contribution in [0.2, 0.25) is 0 Å². The number of aryl methyl sites for hydroxylation is 1. The van der Waals surface area contributed by atoms with Crippen LogP contribution in [0.5, 0.6) is 5.75 Å². The fourth-order valence-electron chi connectivity index (χ4n) is 1.77. The molecule has 1 aromatic rings. The van der Waals surface area contributed by atoms with E-state index in [0.29, 0.717) is 5.75 Å². The largest absolute Gasteiger partial charge is 2.00 e. The molecule has 0 saturated heterocycles. The normalized spacial score (nSPS) is 9.24. The van der Waals surface area contributed by atoms with Gasteiger partial charge in [-0.3, -0.25) is 0 Å². The summed E-state index contributed by atoms with van der Waals surface area (Å²) in [7, 11) is 0. The summed E-state index contributed by atoms with van der Waals surface area (Å²) in [5, 5.41) is 9.13. The maximum atomic E-state index is 9.13. The van der Waals surface area contributed by atoms with Gasteiger partial charge in [0, 0.05) is 0 Å². The Bertz CT molecular complexity index is 271.